The van der Waals surface area contributed by atoms with Gasteiger partial charge in [-0.15, -0.1) is 22.9 Å². The fourth-order valence-electron chi connectivity index (χ4n) is 1.29. The highest BCUT2D eigenvalue weighted by Gasteiger charge is 2.09. The molecule has 0 aliphatic carbocycles. The van der Waals surface area contributed by atoms with Gasteiger partial charge < -0.3 is 0 Å². The van der Waals surface area contributed by atoms with E-state index in [1.165, 1.54) is 15.8 Å². The Balaban J connectivity index is 2.22. The van der Waals surface area contributed by atoms with Gasteiger partial charge in [-0.25, -0.2) is 0 Å². The number of alkyl halides is 1. The lowest BCUT2D eigenvalue weighted by Crippen LogP contribution is -2.07. The number of rotatable bonds is 5. The van der Waals surface area contributed by atoms with Crippen molar-refractivity contribution in [3.63, 3.8) is 0 Å². The molecular weight excluding hydrogens is 280 g/mol. The van der Waals surface area contributed by atoms with Crippen LogP contribution in [0.4, 0.5) is 0 Å². The lowest BCUT2D eigenvalue weighted by Gasteiger charge is -2.11. The second-order valence-corrected chi connectivity index (χ2v) is 6.36. The van der Waals surface area contributed by atoms with E-state index >= 15 is 0 Å². The Morgan fingerprint density at radius 1 is 1.50 bits per heavy atom. The first-order chi connectivity index (χ1) is 6.59. The van der Waals surface area contributed by atoms with Crippen LogP contribution in [0.3, 0.4) is 0 Å². The zero-order valence-corrected chi connectivity index (χ0v) is 11.8. The minimum absolute atomic E-state index is 0.332. The van der Waals surface area contributed by atoms with Gasteiger partial charge in [0.1, 0.15) is 0 Å². The molecule has 1 aromatic rings. The first-order valence-corrected chi connectivity index (χ1v) is 7.07. The van der Waals surface area contributed by atoms with E-state index in [2.05, 4.69) is 41.2 Å². The molecule has 0 aliphatic rings. The molecule has 1 aromatic heterocycles. The van der Waals surface area contributed by atoms with Crippen molar-refractivity contribution in [2.45, 2.75) is 38.5 Å². The van der Waals surface area contributed by atoms with E-state index in [1.54, 1.807) is 0 Å². The van der Waals surface area contributed by atoms with E-state index in [4.69, 9.17) is 11.6 Å². The minimum atomic E-state index is 0.332. The Morgan fingerprint density at radius 2 is 2.21 bits per heavy atom. The summed E-state index contributed by atoms with van der Waals surface area (Å²) in [6, 6.07) is 2.20. The summed E-state index contributed by atoms with van der Waals surface area (Å²) in [6.07, 6.45) is 3.47. The predicted octanol–water partition coefficient (Wildman–Crippen LogP) is 5.10. The molecule has 0 spiro atoms. The van der Waals surface area contributed by atoms with Gasteiger partial charge in [-0.1, -0.05) is 13.8 Å². The van der Waals surface area contributed by atoms with E-state index in [-0.39, 0.29) is 0 Å². The van der Waals surface area contributed by atoms with Gasteiger partial charge in [0, 0.05) is 20.1 Å². The molecule has 14 heavy (non-hydrogen) atoms. The molecule has 80 valence electrons. The van der Waals surface area contributed by atoms with Gasteiger partial charge in [0.25, 0.3) is 0 Å². The number of thiophene rings is 1. The van der Waals surface area contributed by atoms with Crippen LogP contribution < -0.4 is 0 Å². The van der Waals surface area contributed by atoms with E-state index < -0.39 is 0 Å². The van der Waals surface area contributed by atoms with Crippen LogP contribution in [-0.4, -0.2) is 5.38 Å². The van der Waals surface area contributed by atoms with Gasteiger partial charge in [0.2, 0.25) is 0 Å². The lowest BCUT2D eigenvalue weighted by molar-refractivity contribution is 0.548. The minimum Gasteiger partial charge on any atom is -0.148 e. The van der Waals surface area contributed by atoms with Gasteiger partial charge in [0.15, 0.2) is 0 Å². The van der Waals surface area contributed by atoms with Crippen LogP contribution in [0.1, 0.15) is 31.6 Å². The molecule has 0 bridgehead atoms. The van der Waals surface area contributed by atoms with Gasteiger partial charge in [-0.2, -0.15) is 0 Å². The van der Waals surface area contributed by atoms with Crippen molar-refractivity contribution < 1.29 is 0 Å². The normalized spacial score (nSPS) is 13.5. The third kappa shape index (κ3) is 4.33. The second kappa shape index (κ2) is 6.14. The number of hydrogen-bond donors (Lipinski definition) is 0. The van der Waals surface area contributed by atoms with Gasteiger partial charge in [-0.3, -0.25) is 0 Å². The summed E-state index contributed by atoms with van der Waals surface area (Å²) in [5.41, 5.74) is 0. The third-order valence-corrected chi connectivity index (χ3v) is 4.73. The SMILES string of the molecule is CC(C)C(Cl)CCCc1cc(Br)cs1. The topological polar surface area (TPSA) is 0 Å². The largest absolute Gasteiger partial charge is 0.148 e. The van der Waals surface area contributed by atoms with Crippen LogP contribution in [0.2, 0.25) is 0 Å². The average molecular weight is 296 g/mol. The maximum atomic E-state index is 6.18. The van der Waals surface area contributed by atoms with E-state index in [0.29, 0.717) is 11.3 Å². The zero-order valence-electron chi connectivity index (χ0n) is 8.59. The molecule has 1 rings (SSSR count). The summed E-state index contributed by atoms with van der Waals surface area (Å²) >= 11 is 11.5. The Labute approximate surface area is 104 Å². The van der Waals surface area contributed by atoms with Crippen molar-refractivity contribution >= 4 is 38.9 Å². The molecule has 1 atom stereocenters. The highest BCUT2D eigenvalue weighted by Crippen LogP contribution is 2.23. The summed E-state index contributed by atoms with van der Waals surface area (Å²) < 4.78 is 1.20. The predicted molar refractivity (Wildman–Crippen MR) is 69.4 cm³/mol. The summed E-state index contributed by atoms with van der Waals surface area (Å²) in [5, 5.41) is 2.47. The Morgan fingerprint density at radius 3 is 2.71 bits per heavy atom. The molecule has 0 aromatic carbocycles. The molecule has 1 unspecified atom stereocenters. The third-order valence-electron chi connectivity index (χ3n) is 2.25. The average Bonchev–Trinajstić information content (AvgIpc) is 2.51. The lowest BCUT2D eigenvalue weighted by atomic mass is 10.0. The van der Waals surface area contributed by atoms with Crippen molar-refractivity contribution in [3.8, 4) is 0 Å². The van der Waals surface area contributed by atoms with E-state index in [9.17, 15) is 0 Å². The quantitative estimate of drug-likeness (QED) is 0.663. The van der Waals surface area contributed by atoms with Crippen LogP contribution in [0.15, 0.2) is 15.9 Å². The van der Waals surface area contributed by atoms with Crippen molar-refractivity contribution in [2.24, 2.45) is 5.92 Å². The molecule has 0 saturated carbocycles. The van der Waals surface area contributed by atoms with Crippen LogP contribution in [0.25, 0.3) is 0 Å². The number of halogens is 2. The summed E-state index contributed by atoms with van der Waals surface area (Å²) in [4.78, 5) is 1.45. The maximum absolute atomic E-state index is 6.18. The Hall–Kier alpha value is 0.470. The fourth-order valence-corrected chi connectivity index (χ4v) is 2.94. The molecule has 3 heteroatoms. The summed E-state index contributed by atoms with van der Waals surface area (Å²) in [6.45, 7) is 4.36. The molecular formula is C11H16BrClS. The zero-order chi connectivity index (χ0) is 10.6. The van der Waals surface area contributed by atoms with E-state index in [1.807, 2.05) is 11.3 Å². The van der Waals surface area contributed by atoms with Crippen LogP contribution in [-0.2, 0) is 6.42 Å². The molecule has 0 amide bonds. The van der Waals surface area contributed by atoms with Crippen molar-refractivity contribution in [1.29, 1.82) is 0 Å². The number of hydrogen-bond acceptors (Lipinski definition) is 1. The van der Waals surface area contributed by atoms with Crippen LogP contribution >= 0.6 is 38.9 Å². The van der Waals surface area contributed by atoms with E-state index in [0.717, 1.165) is 12.8 Å². The Bertz CT molecular complexity index is 270. The molecule has 0 saturated heterocycles. The van der Waals surface area contributed by atoms with Gasteiger partial charge >= 0.3 is 0 Å². The first kappa shape index (κ1) is 12.5. The maximum Gasteiger partial charge on any atom is 0.0359 e. The standard InChI is InChI=1S/C11H16BrClS/c1-8(2)11(13)5-3-4-10-6-9(12)7-14-10/h6-8,11H,3-5H2,1-2H3. The highest BCUT2D eigenvalue weighted by atomic mass is 79.9. The number of aryl methyl sites for hydroxylation is 1. The first-order valence-electron chi connectivity index (χ1n) is 4.96. The van der Waals surface area contributed by atoms with Crippen molar-refractivity contribution in [1.82, 2.24) is 0 Å². The highest BCUT2D eigenvalue weighted by molar-refractivity contribution is 9.10. The molecule has 0 N–H and O–H groups in total. The van der Waals surface area contributed by atoms with Gasteiger partial charge in [-0.05, 0) is 47.2 Å². The van der Waals surface area contributed by atoms with Crippen molar-refractivity contribution in [2.75, 3.05) is 0 Å². The summed E-state index contributed by atoms with van der Waals surface area (Å²) in [7, 11) is 0. The smallest absolute Gasteiger partial charge is 0.0359 e. The molecule has 0 fully saturated rings. The molecule has 0 radical (unpaired) electrons. The van der Waals surface area contributed by atoms with Gasteiger partial charge in [0.05, 0.1) is 0 Å². The molecule has 0 nitrogen and oxygen atoms in total. The fraction of sp³-hybridized carbons (Fsp3) is 0.636. The second-order valence-electron chi connectivity index (χ2n) is 3.88. The Kier molecular flexibility index (Phi) is 5.50. The molecule has 0 aliphatic heterocycles. The summed E-state index contributed by atoms with van der Waals surface area (Å²) in [5.74, 6) is 0.590. The monoisotopic (exact) mass is 294 g/mol. The van der Waals surface area contributed by atoms with Crippen molar-refractivity contribution in [3.05, 3.63) is 20.8 Å². The van der Waals surface area contributed by atoms with Crippen LogP contribution in [0.5, 0.6) is 0 Å². The van der Waals surface area contributed by atoms with Crippen LogP contribution in [0, 0.1) is 5.92 Å². The molecule has 1 heterocycles.